The lowest BCUT2D eigenvalue weighted by Gasteiger charge is -2.33. The highest BCUT2D eigenvalue weighted by atomic mass is 35.5. The minimum atomic E-state index is -0.0214. The zero-order valence-corrected chi connectivity index (χ0v) is 12.0. The highest BCUT2D eigenvalue weighted by molar-refractivity contribution is 7.16. The molecule has 1 aromatic heterocycles. The summed E-state index contributed by atoms with van der Waals surface area (Å²) in [5, 5.41) is 3.56. The van der Waals surface area contributed by atoms with Crippen molar-refractivity contribution in [2.45, 2.75) is 44.8 Å². The fraction of sp³-hybridized carbons (Fsp3) is 0.692. The van der Waals surface area contributed by atoms with Crippen molar-refractivity contribution in [2.24, 2.45) is 0 Å². The first-order chi connectivity index (χ1) is 8.14. The van der Waals surface area contributed by atoms with Crippen molar-refractivity contribution in [2.75, 3.05) is 13.2 Å². The van der Waals surface area contributed by atoms with Crippen LogP contribution in [0.3, 0.4) is 0 Å². The van der Waals surface area contributed by atoms with Crippen molar-refractivity contribution in [3.8, 4) is 0 Å². The molecule has 1 saturated heterocycles. The Labute approximate surface area is 112 Å². The maximum atomic E-state index is 5.98. The molecule has 1 aromatic rings. The van der Waals surface area contributed by atoms with E-state index in [9.17, 15) is 0 Å². The summed E-state index contributed by atoms with van der Waals surface area (Å²) in [5.74, 6) is 0. The molecule has 96 valence electrons. The zero-order chi connectivity index (χ0) is 12.3. The number of likely N-dealkylation sites (N-methyl/N-ethyl adjacent to an activating group) is 1. The zero-order valence-electron chi connectivity index (χ0n) is 10.5. The van der Waals surface area contributed by atoms with Crippen molar-refractivity contribution in [1.82, 2.24) is 5.32 Å². The molecule has 2 nitrogen and oxygen atoms in total. The number of halogens is 1. The molecule has 4 heteroatoms. The van der Waals surface area contributed by atoms with Crippen LogP contribution in [0.4, 0.5) is 0 Å². The predicted molar refractivity (Wildman–Crippen MR) is 74.1 cm³/mol. The summed E-state index contributed by atoms with van der Waals surface area (Å²) in [6.45, 7) is 6.24. The van der Waals surface area contributed by atoms with E-state index in [4.69, 9.17) is 16.3 Å². The van der Waals surface area contributed by atoms with Crippen molar-refractivity contribution in [3.63, 3.8) is 0 Å². The van der Waals surface area contributed by atoms with Gasteiger partial charge in [0.05, 0.1) is 9.94 Å². The summed E-state index contributed by atoms with van der Waals surface area (Å²) in [6, 6.07) is 4.47. The Morgan fingerprint density at radius 1 is 1.59 bits per heavy atom. The molecular formula is C13H20ClNOS. The lowest BCUT2D eigenvalue weighted by molar-refractivity contribution is -0.0108. The Bertz CT molecular complexity index is 360. The van der Waals surface area contributed by atoms with Crippen LogP contribution >= 0.6 is 22.9 Å². The third-order valence-electron chi connectivity index (χ3n) is 3.47. The van der Waals surface area contributed by atoms with Crippen molar-refractivity contribution in [1.29, 1.82) is 0 Å². The van der Waals surface area contributed by atoms with Crippen LogP contribution in [0.1, 0.15) is 31.6 Å². The Balaban J connectivity index is 2.06. The molecular weight excluding hydrogens is 254 g/mol. The van der Waals surface area contributed by atoms with Gasteiger partial charge in [-0.25, -0.2) is 0 Å². The highest BCUT2D eigenvalue weighted by Crippen LogP contribution is 2.32. The van der Waals surface area contributed by atoms with E-state index >= 15 is 0 Å². The van der Waals surface area contributed by atoms with Gasteiger partial charge in [0.15, 0.2) is 0 Å². The summed E-state index contributed by atoms with van der Waals surface area (Å²) in [6.07, 6.45) is 3.31. The minimum Gasteiger partial charge on any atom is -0.374 e. The van der Waals surface area contributed by atoms with Gasteiger partial charge in [-0.15, -0.1) is 11.3 Å². The molecule has 0 bridgehead atoms. The molecule has 2 unspecified atom stereocenters. The molecule has 0 radical (unpaired) electrons. The van der Waals surface area contributed by atoms with E-state index in [-0.39, 0.29) is 5.60 Å². The molecule has 2 heterocycles. The maximum Gasteiger partial charge on any atom is 0.0931 e. The van der Waals surface area contributed by atoms with Gasteiger partial charge in [-0.2, -0.15) is 0 Å². The summed E-state index contributed by atoms with van der Waals surface area (Å²) < 4.78 is 6.81. The van der Waals surface area contributed by atoms with E-state index < -0.39 is 0 Å². The van der Waals surface area contributed by atoms with Crippen LogP contribution in [0.2, 0.25) is 4.34 Å². The van der Waals surface area contributed by atoms with Crippen LogP contribution in [0, 0.1) is 0 Å². The van der Waals surface area contributed by atoms with Gasteiger partial charge in [-0.05, 0) is 44.9 Å². The highest BCUT2D eigenvalue weighted by Gasteiger charge is 2.38. The quantitative estimate of drug-likeness (QED) is 0.887. The lowest BCUT2D eigenvalue weighted by Crippen LogP contribution is -2.49. The normalized spacial score (nSPS) is 26.3. The van der Waals surface area contributed by atoms with E-state index in [0.29, 0.717) is 6.04 Å². The molecule has 1 N–H and O–H groups in total. The number of hydrogen-bond acceptors (Lipinski definition) is 3. The van der Waals surface area contributed by atoms with Crippen LogP contribution in [0.15, 0.2) is 12.1 Å². The van der Waals surface area contributed by atoms with Crippen LogP contribution in [-0.2, 0) is 11.2 Å². The molecule has 0 spiro atoms. The summed E-state index contributed by atoms with van der Waals surface area (Å²) in [7, 11) is 0. The van der Waals surface area contributed by atoms with E-state index in [2.05, 4.69) is 25.2 Å². The largest absolute Gasteiger partial charge is 0.374 e. The molecule has 1 aliphatic heterocycles. The Hall–Kier alpha value is -0.0900. The SMILES string of the molecule is CCNC(Cc1ccc(Cl)s1)C1(C)CCCO1. The van der Waals surface area contributed by atoms with Gasteiger partial charge in [-0.1, -0.05) is 18.5 Å². The first-order valence-corrected chi connectivity index (χ1v) is 7.45. The molecule has 0 aromatic carbocycles. The number of thiophene rings is 1. The monoisotopic (exact) mass is 273 g/mol. The number of ether oxygens (including phenoxy) is 1. The standard InChI is InChI=1S/C13H20ClNOS/c1-3-15-11(13(2)7-4-8-16-13)9-10-5-6-12(14)17-10/h5-6,11,15H,3-4,7-9H2,1-2H3. The maximum absolute atomic E-state index is 5.98. The van der Waals surface area contributed by atoms with E-state index in [0.717, 1.165) is 30.3 Å². The summed E-state index contributed by atoms with van der Waals surface area (Å²) >= 11 is 7.65. The van der Waals surface area contributed by atoms with Gasteiger partial charge < -0.3 is 10.1 Å². The van der Waals surface area contributed by atoms with Gasteiger partial charge in [0.1, 0.15) is 0 Å². The Morgan fingerprint density at radius 3 is 2.94 bits per heavy atom. The summed E-state index contributed by atoms with van der Waals surface area (Å²) in [4.78, 5) is 1.33. The third-order valence-corrected chi connectivity index (χ3v) is 4.72. The topological polar surface area (TPSA) is 21.3 Å². The average molecular weight is 274 g/mol. The predicted octanol–water partition coefficient (Wildman–Crippen LogP) is 3.49. The third kappa shape index (κ3) is 3.22. The van der Waals surface area contributed by atoms with Gasteiger partial charge in [-0.3, -0.25) is 0 Å². The number of rotatable bonds is 5. The molecule has 2 rings (SSSR count). The van der Waals surface area contributed by atoms with Gasteiger partial charge in [0.2, 0.25) is 0 Å². The average Bonchev–Trinajstić information content (AvgIpc) is 2.88. The minimum absolute atomic E-state index is 0.0214. The first-order valence-electron chi connectivity index (χ1n) is 6.25. The molecule has 1 aliphatic rings. The van der Waals surface area contributed by atoms with Crippen molar-refractivity contribution >= 4 is 22.9 Å². The lowest BCUT2D eigenvalue weighted by atomic mass is 9.90. The summed E-state index contributed by atoms with van der Waals surface area (Å²) in [5.41, 5.74) is -0.0214. The molecule has 0 saturated carbocycles. The molecule has 0 aliphatic carbocycles. The Morgan fingerprint density at radius 2 is 2.41 bits per heavy atom. The van der Waals surface area contributed by atoms with Crippen LogP contribution in [0.5, 0.6) is 0 Å². The van der Waals surface area contributed by atoms with Crippen LogP contribution in [-0.4, -0.2) is 24.8 Å². The van der Waals surface area contributed by atoms with Crippen LogP contribution < -0.4 is 5.32 Å². The second-order valence-electron chi connectivity index (χ2n) is 4.78. The molecule has 0 amide bonds. The van der Waals surface area contributed by atoms with Gasteiger partial charge in [0.25, 0.3) is 0 Å². The van der Waals surface area contributed by atoms with E-state index in [1.807, 2.05) is 6.07 Å². The second-order valence-corrected chi connectivity index (χ2v) is 6.58. The smallest absolute Gasteiger partial charge is 0.0931 e. The first kappa shape index (κ1) is 13.3. The van der Waals surface area contributed by atoms with E-state index in [1.165, 1.54) is 11.3 Å². The number of nitrogens with one attached hydrogen (secondary N) is 1. The van der Waals surface area contributed by atoms with Crippen LogP contribution in [0.25, 0.3) is 0 Å². The number of hydrogen-bond donors (Lipinski definition) is 1. The van der Waals surface area contributed by atoms with Crippen molar-refractivity contribution < 1.29 is 4.74 Å². The van der Waals surface area contributed by atoms with Crippen molar-refractivity contribution in [3.05, 3.63) is 21.3 Å². The molecule has 1 fully saturated rings. The molecule has 17 heavy (non-hydrogen) atoms. The van der Waals surface area contributed by atoms with E-state index in [1.54, 1.807) is 11.3 Å². The fourth-order valence-electron chi connectivity index (χ4n) is 2.49. The van der Waals surface area contributed by atoms with Gasteiger partial charge in [0, 0.05) is 17.5 Å². The molecule has 2 atom stereocenters. The van der Waals surface area contributed by atoms with Gasteiger partial charge >= 0.3 is 0 Å². The Kier molecular flexibility index (Phi) is 4.47. The second kappa shape index (κ2) is 5.70. The fourth-order valence-corrected chi connectivity index (χ4v) is 3.62.